The lowest BCUT2D eigenvalue weighted by molar-refractivity contribution is 0.363. The van der Waals surface area contributed by atoms with Gasteiger partial charge in [-0.05, 0) is 54.9 Å². The van der Waals surface area contributed by atoms with Gasteiger partial charge in [0.2, 0.25) is 0 Å². The second kappa shape index (κ2) is 10.1. The van der Waals surface area contributed by atoms with Gasteiger partial charge in [-0.15, -0.1) is 0 Å². The minimum Gasteiger partial charge on any atom is -0.207 e. The normalized spacial score (nSPS) is 14.0. The summed E-state index contributed by atoms with van der Waals surface area (Å²) < 4.78 is 13.8. The molecular weight excluding hydrogens is 283 g/mol. The molecule has 0 radical (unpaired) electrons. The Balaban J connectivity index is 2.88. The number of halogens is 1. The summed E-state index contributed by atoms with van der Waals surface area (Å²) in [5.74, 6) is -0.0647. The van der Waals surface area contributed by atoms with Crippen molar-refractivity contribution in [3.63, 3.8) is 0 Å². The van der Waals surface area contributed by atoms with Gasteiger partial charge in [0.1, 0.15) is 5.82 Å². The van der Waals surface area contributed by atoms with E-state index in [4.69, 9.17) is 0 Å². The summed E-state index contributed by atoms with van der Waals surface area (Å²) in [6, 6.07) is 3.72. The molecule has 23 heavy (non-hydrogen) atoms. The number of unbranched alkanes of at least 4 members (excludes halogenated alkanes) is 6. The summed E-state index contributed by atoms with van der Waals surface area (Å²) >= 11 is 0. The Morgan fingerprint density at radius 3 is 1.91 bits per heavy atom. The molecule has 1 heteroatoms. The van der Waals surface area contributed by atoms with E-state index in [2.05, 4.69) is 33.8 Å². The van der Waals surface area contributed by atoms with Crippen molar-refractivity contribution < 1.29 is 4.39 Å². The Morgan fingerprint density at radius 2 is 1.30 bits per heavy atom. The van der Waals surface area contributed by atoms with Gasteiger partial charge in [0.15, 0.2) is 0 Å². The van der Waals surface area contributed by atoms with E-state index < -0.39 is 0 Å². The fraction of sp³-hybridized carbons (Fsp3) is 0.727. The molecular formula is C22H37F. The summed E-state index contributed by atoms with van der Waals surface area (Å²) in [5, 5.41) is 0. The molecule has 1 atom stereocenters. The van der Waals surface area contributed by atoms with Crippen LogP contribution in [0.25, 0.3) is 0 Å². The standard InChI is InChI=1S/C22H37F/c1-6-8-10-11-13-17-22(5,16-12-9-7-2)20-14-15-21(23)19(4)18(20)3/h14-15H,6-13,16-17H2,1-5H3. The van der Waals surface area contributed by atoms with Crippen LogP contribution < -0.4 is 0 Å². The summed E-state index contributed by atoms with van der Waals surface area (Å²) in [6.45, 7) is 10.9. The van der Waals surface area contributed by atoms with Gasteiger partial charge in [0, 0.05) is 0 Å². The summed E-state index contributed by atoms with van der Waals surface area (Å²) in [6.07, 6.45) is 12.9. The molecule has 0 N–H and O–H groups in total. The third-order valence-corrected chi connectivity index (χ3v) is 5.54. The Hall–Kier alpha value is -0.850. The maximum Gasteiger partial charge on any atom is 0.126 e. The van der Waals surface area contributed by atoms with Gasteiger partial charge in [0.05, 0.1) is 0 Å². The van der Waals surface area contributed by atoms with Gasteiger partial charge in [0.25, 0.3) is 0 Å². The topological polar surface area (TPSA) is 0 Å². The highest BCUT2D eigenvalue weighted by Crippen LogP contribution is 2.38. The van der Waals surface area contributed by atoms with Crippen molar-refractivity contribution in [3.8, 4) is 0 Å². The lowest BCUT2D eigenvalue weighted by Crippen LogP contribution is -2.24. The van der Waals surface area contributed by atoms with Gasteiger partial charge in [-0.1, -0.05) is 78.2 Å². The molecule has 0 saturated carbocycles. The molecule has 132 valence electrons. The predicted molar refractivity (Wildman–Crippen MR) is 101 cm³/mol. The van der Waals surface area contributed by atoms with E-state index in [-0.39, 0.29) is 11.2 Å². The minimum absolute atomic E-state index is 0.0647. The van der Waals surface area contributed by atoms with Gasteiger partial charge in [-0.3, -0.25) is 0 Å². The van der Waals surface area contributed by atoms with Gasteiger partial charge in [-0.25, -0.2) is 4.39 Å². The average Bonchev–Trinajstić information content (AvgIpc) is 2.52. The summed E-state index contributed by atoms with van der Waals surface area (Å²) in [4.78, 5) is 0. The van der Waals surface area contributed by atoms with Crippen molar-refractivity contribution >= 4 is 0 Å². The highest BCUT2D eigenvalue weighted by atomic mass is 19.1. The van der Waals surface area contributed by atoms with Crippen molar-refractivity contribution in [2.24, 2.45) is 0 Å². The van der Waals surface area contributed by atoms with E-state index in [9.17, 15) is 4.39 Å². The molecule has 0 bridgehead atoms. The minimum atomic E-state index is -0.0647. The molecule has 0 nitrogen and oxygen atoms in total. The average molecular weight is 321 g/mol. The molecule has 0 heterocycles. The van der Waals surface area contributed by atoms with Crippen LogP contribution in [0.4, 0.5) is 4.39 Å². The monoisotopic (exact) mass is 320 g/mol. The van der Waals surface area contributed by atoms with Crippen LogP contribution in [0.2, 0.25) is 0 Å². The van der Waals surface area contributed by atoms with Crippen molar-refractivity contribution in [3.05, 3.63) is 34.6 Å². The van der Waals surface area contributed by atoms with Gasteiger partial charge >= 0.3 is 0 Å². The number of rotatable bonds is 11. The Labute approximate surface area is 143 Å². The second-order valence-corrected chi connectivity index (χ2v) is 7.53. The van der Waals surface area contributed by atoms with Crippen LogP contribution in [-0.2, 0) is 5.41 Å². The zero-order valence-corrected chi connectivity index (χ0v) is 16.1. The van der Waals surface area contributed by atoms with E-state index in [0.29, 0.717) is 0 Å². The molecule has 0 spiro atoms. The molecule has 0 aromatic heterocycles. The van der Waals surface area contributed by atoms with Crippen LogP contribution >= 0.6 is 0 Å². The Kier molecular flexibility index (Phi) is 8.87. The van der Waals surface area contributed by atoms with E-state index in [1.54, 1.807) is 6.07 Å². The van der Waals surface area contributed by atoms with Gasteiger partial charge < -0.3 is 0 Å². The first-order chi connectivity index (χ1) is 11.0. The molecule has 0 fully saturated rings. The first-order valence-electron chi connectivity index (χ1n) is 9.72. The number of hydrogen-bond acceptors (Lipinski definition) is 0. The number of hydrogen-bond donors (Lipinski definition) is 0. The van der Waals surface area contributed by atoms with Crippen LogP contribution in [0.3, 0.4) is 0 Å². The highest BCUT2D eigenvalue weighted by Gasteiger charge is 2.28. The summed E-state index contributed by atoms with van der Waals surface area (Å²) in [7, 11) is 0. The van der Waals surface area contributed by atoms with E-state index in [1.165, 1.54) is 69.8 Å². The Morgan fingerprint density at radius 1 is 0.783 bits per heavy atom. The fourth-order valence-corrected chi connectivity index (χ4v) is 3.72. The quantitative estimate of drug-likeness (QED) is 0.367. The van der Waals surface area contributed by atoms with E-state index in [1.807, 2.05) is 6.92 Å². The van der Waals surface area contributed by atoms with Crippen LogP contribution in [0, 0.1) is 19.7 Å². The first kappa shape index (κ1) is 20.2. The predicted octanol–water partition coefficient (Wildman–Crippen LogP) is 7.64. The zero-order valence-electron chi connectivity index (χ0n) is 16.1. The zero-order chi connectivity index (χ0) is 17.3. The maximum absolute atomic E-state index is 13.8. The molecule has 0 amide bonds. The molecule has 0 aliphatic rings. The highest BCUT2D eigenvalue weighted by molar-refractivity contribution is 5.39. The molecule has 0 aliphatic carbocycles. The first-order valence-corrected chi connectivity index (χ1v) is 9.72. The lowest BCUT2D eigenvalue weighted by Gasteiger charge is -2.33. The smallest absolute Gasteiger partial charge is 0.126 e. The molecule has 1 rings (SSSR count). The number of benzene rings is 1. The van der Waals surface area contributed by atoms with Crippen molar-refractivity contribution in [2.45, 2.75) is 104 Å². The van der Waals surface area contributed by atoms with E-state index in [0.717, 1.165) is 11.1 Å². The van der Waals surface area contributed by atoms with Crippen LogP contribution in [0.15, 0.2) is 12.1 Å². The largest absolute Gasteiger partial charge is 0.207 e. The summed E-state index contributed by atoms with van der Waals surface area (Å²) in [5.41, 5.74) is 3.57. The lowest BCUT2D eigenvalue weighted by atomic mass is 9.72. The third-order valence-electron chi connectivity index (χ3n) is 5.54. The van der Waals surface area contributed by atoms with Gasteiger partial charge in [-0.2, -0.15) is 0 Å². The van der Waals surface area contributed by atoms with Crippen LogP contribution in [0.1, 0.15) is 102 Å². The third kappa shape index (κ3) is 5.94. The molecule has 0 saturated heterocycles. The van der Waals surface area contributed by atoms with Crippen LogP contribution in [-0.4, -0.2) is 0 Å². The van der Waals surface area contributed by atoms with Crippen molar-refractivity contribution in [1.82, 2.24) is 0 Å². The molecule has 1 aromatic carbocycles. The molecule has 1 unspecified atom stereocenters. The maximum atomic E-state index is 13.8. The van der Waals surface area contributed by atoms with E-state index >= 15 is 0 Å². The second-order valence-electron chi connectivity index (χ2n) is 7.53. The SMILES string of the molecule is CCCCCCCC(C)(CCCCC)c1ccc(F)c(C)c1C. The molecule has 1 aromatic rings. The molecule has 0 aliphatic heterocycles. The van der Waals surface area contributed by atoms with Crippen LogP contribution in [0.5, 0.6) is 0 Å². The van der Waals surface area contributed by atoms with Crippen molar-refractivity contribution in [1.29, 1.82) is 0 Å². The van der Waals surface area contributed by atoms with Crippen molar-refractivity contribution in [2.75, 3.05) is 0 Å². The fourth-order valence-electron chi connectivity index (χ4n) is 3.72. The Bertz CT molecular complexity index is 463.